The molecular weight excluding hydrogens is 395 g/mol. The topological polar surface area (TPSA) is 0 Å². The lowest BCUT2D eigenvalue weighted by molar-refractivity contribution is -0.0136. The monoisotopic (exact) mass is 434 g/mol. The molecule has 0 saturated heterocycles. The molecule has 0 heterocycles. The van der Waals surface area contributed by atoms with Gasteiger partial charge in [0.15, 0.2) is 0 Å². The van der Waals surface area contributed by atoms with E-state index in [9.17, 15) is 17.6 Å². The SMILES string of the molecule is C=C(CC(F)F)C[C@H](CCC)CCC1CC=C[C@@H]([C@@H](C)C(F)F)C1C(C)(F)C(=C)C. The molecule has 6 atom stereocenters. The van der Waals surface area contributed by atoms with Crippen molar-refractivity contribution in [1.29, 1.82) is 0 Å². The molecule has 0 aliphatic heterocycles. The normalized spacial score (nSPS) is 25.9. The van der Waals surface area contributed by atoms with Gasteiger partial charge in [-0.1, -0.05) is 57.6 Å². The van der Waals surface area contributed by atoms with Crippen LogP contribution in [0.3, 0.4) is 0 Å². The van der Waals surface area contributed by atoms with Crippen molar-refractivity contribution in [2.45, 2.75) is 91.2 Å². The van der Waals surface area contributed by atoms with Crippen LogP contribution < -0.4 is 0 Å². The van der Waals surface area contributed by atoms with Crippen LogP contribution in [0.4, 0.5) is 22.0 Å². The van der Waals surface area contributed by atoms with E-state index in [0.717, 1.165) is 19.3 Å². The lowest BCUT2D eigenvalue weighted by atomic mass is 9.62. The van der Waals surface area contributed by atoms with Crippen LogP contribution in [0.25, 0.3) is 0 Å². The Kier molecular flexibility index (Phi) is 10.8. The fourth-order valence-electron chi connectivity index (χ4n) is 4.96. The van der Waals surface area contributed by atoms with Gasteiger partial charge in [-0.2, -0.15) is 0 Å². The van der Waals surface area contributed by atoms with Gasteiger partial charge in [0.25, 0.3) is 0 Å². The van der Waals surface area contributed by atoms with Gasteiger partial charge in [0.2, 0.25) is 12.9 Å². The van der Waals surface area contributed by atoms with Crippen molar-refractivity contribution >= 4 is 0 Å². The third-order valence-corrected chi connectivity index (χ3v) is 6.85. The molecule has 30 heavy (non-hydrogen) atoms. The summed E-state index contributed by atoms with van der Waals surface area (Å²) in [6, 6.07) is 0. The zero-order valence-electron chi connectivity index (χ0n) is 18.9. The molecule has 0 N–H and O–H groups in total. The van der Waals surface area contributed by atoms with Crippen LogP contribution >= 0.6 is 0 Å². The highest BCUT2D eigenvalue weighted by Crippen LogP contribution is 2.49. The van der Waals surface area contributed by atoms with Crippen molar-refractivity contribution in [1.82, 2.24) is 0 Å². The summed E-state index contributed by atoms with van der Waals surface area (Å²) in [7, 11) is 0. The molecule has 1 aliphatic carbocycles. The van der Waals surface area contributed by atoms with Gasteiger partial charge >= 0.3 is 0 Å². The van der Waals surface area contributed by atoms with Crippen molar-refractivity contribution < 1.29 is 22.0 Å². The summed E-state index contributed by atoms with van der Waals surface area (Å²) in [6.45, 7) is 14.2. The van der Waals surface area contributed by atoms with Crippen LogP contribution in [0.5, 0.6) is 0 Å². The van der Waals surface area contributed by atoms with E-state index in [0.29, 0.717) is 30.4 Å². The van der Waals surface area contributed by atoms with Crippen molar-refractivity contribution in [3.05, 3.63) is 36.5 Å². The Morgan fingerprint density at radius 1 is 1.13 bits per heavy atom. The molecular formula is C25H39F5. The molecule has 0 nitrogen and oxygen atoms in total. The van der Waals surface area contributed by atoms with Gasteiger partial charge < -0.3 is 0 Å². The van der Waals surface area contributed by atoms with Crippen molar-refractivity contribution in [2.24, 2.45) is 29.6 Å². The highest BCUT2D eigenvalue weighted by atomic mass is 19.3. The Bertz CT molecular complexity index is 578. The molecule has 5 heteroatoms. The average molecular weight is 435 g/mol. The molecule has 0 fully saturated rings. The summed E-state index contributed by atoms with van der Waals surface area (Å²) in [4.78, 5) is 0. The standard InChI is InChI=1S/C25H39F5/c1-7-9-19(14-17(4)15-22(26)27)12-13-20-10-8-11-21(18(5)24(28)29)23(20)25(6,30)16(2)3/h8,11,18-24H,2,4,7,9-10,12-15H2,1,3,5-6H3/t18-,19-,20?,21+,23?,25?/m1/s1. The van der Waals surface area contributed by atoms with E-state index < -0.39 is 36.3 Å². The van der Waals surface area contributed by atoms with Crippen LogP contribution in [0, 0.1) is 29.6 Å². The minimum atomic E-state index is -2.52. The smallest absolute Gasteiger partial charge is 0.239 e. The van der Waals surface area contributed by atoms with Gasteiger partial charge in [-0.25, -0.2) is 22.0 Å². The minimum Gasteiger partial charge on any atom is -0.239 e. The molecule has 174 valence electrons. The summed E-state index contributed by atoms with van der Waals surface area (Å²) in [5, 5.41) is 0. The molecule has 0 aromatic rings. The maximum absolute atomic E-state index is 15.8. The molecule has 0 aromatic carbocycles. The van der Waals surface area contributed by atoms with E-state index >= 15 is 4.39 Å². The first kappa shape index (κ1) is 26.9. The number of hydrogen-bond donors (Lipinski definition) is 0. The Hall–Kier alpha value is -1.13. The largest absolute Gasteiger partial charge is 0.242 e. The zero-order chi connectivity index (χ0) is 23.1. The van der Waals surface area contributed by atoms with Gasteiger partial charge in [-0.05, 0) is 62.9 Å². The van der Waals surface area contributed by atoms with E-state index in [1.165, 1.54) is 13.8 Å². The molecule has 3 unspecified atom stereocenters. The van der Waals surface area contributed by atoms with Crippen LogP contribution in [-0.4, -0.2) is 18.5 Å². The number of hydrogen-bond acceptors (Lipinski definition) is 0. The molecule has 0 amide bonds. The lowest BCUT2D eigenvalue weighted by Crippen LogP contribution is -2.45. The second-order valence-corrected chi connectivity index (χ2v) is 9.36. The van der Waals surface area contributed by atoms with Gasteiger partial charge in [0, 0.05) is 18.3 Å². The van der Waals surface area contributed by atoms with Crippen LogP contribution in [0.1, 0.15) is 72.6 Å². The number of halogens is 5. The minimum absolute atomic E-state index is 0.0874. The predicted molar refractivity (Wildman–Crippen MR) is 116 cm³/mol. The Balaban J connectivity index is 3.01. The lowest BCUT2D eigenvalue weighted by Gasteiger charge is -2.45. The van der Waals surface area contributed by atoms with Gasteiger partial charge in [0.1, 0.15) is 5.67 Å². The van der Waals surface area contributed by atoms with E-state index in [4.69, 9.17) is 0 Å². The average Bonchev–Trinajstić information content (AvgIpc) is 2.64. The number of rotatable bonds is 13. The maximum atomic E-state index is 15.8. The van der Waals surface area contributed by atoms with E-state index in [1.54, 1.807) is 13.0 Å². The highest BCUT2D eigenvalue weighted by Gasteiger charge is 2.47. The van der Waals surface area contributed by atoms with Crippen LogP contribution in [0.2, 0.25) is 0 Å². The molecule has 1 rings (SSSR count). The second-order valence-electron chi connectivity index (χ2n) is 9.36. The summed E-state index contributed by atoms with van der Waals surface area (Å²) in [5.41, 5.74) is -0.845. The van der Waals surface area contributed by atoms with Crippen molar-refractivity contribution in [2.75, 3.05) is 0 Å². The summed E-state index contributed by atoms with van der Waals surface area (Å²) in [6.07, 6.45) is 2.89. The molecule has 0 radical (unpaired) electrons. The summed E-state index contributed by atoms with van der Waals surface area (Å²) >= 11 is 0. The first-order chi connectivity index (χ1) is 13.9. The summed E-state index contributed by atoms with van der Waals surface area (Å²) in [5.74, 6) is -1.96. The zero-order valence-corrected chi connectivity index (χ0v) is 18.9. The van der Waals surface area contributed by atoms with Crippen LogP contribution in [0.15, 0.2) is 36.5 Å². The first-order valence-electron chi connectivity index (χ1n) is 11.2. The Labute approximate surface area is 179 Å². The summed E-state index contributed by atoms with van der Waals surface area (Å²) < 4.78 is 68.1. The Morgan fingerprint density at radius 2 is 1.77 bits per heavy atom. The van der Waals surface area contributed by atoms with E-state index in [2.05, 4.69) is 20.1 Å². The predicted octanol–water partition coefficient (Wildman–Crippen LogP) is 8.80. The molecule has 0 aromatic heterocycles. The highest BCUT2D eigenvalue weighted by molar-refractivity contribution is 5.17. The number of alkyl halides is 5. The van der Waals surface area contributed by atoms with Gasteiger partial charge in [-0.15, -0.1) is 0 Å². The van der Waals surface area contributed by atoms with Crippen molar-refractivity contribution in [3.63, 3.8) is 0 Å². The first-order valence-corrected chi connectivity index (χ1v) is 11.2. The van der Waals surface area contributed by atoms with E-state index in [1.807, 2.05) is 6.08 Å². The fraction of sp³-hybridized carbons (Fsp3) is 0.760. The number of allylic oxidation sites excluding steroid dienone is 4. The molecule has 0 bridgehead atoms. The molecule has 0 spiro atoms. The maximum Gasteiger partial charge on any atom is 0.242 e. The second kappa shape index (κ2) is 12.0. The third-order valence-electron chi connectivity index (χ3n) is 6.85. The van der Waals surface area contributed by atoms with Crippen LogP contribution in [-0.2, 0) is 0 Å². The van der Waals surface area contributed by atoms with E-state index in [-0.39, 0.29) is 18.3 Å². The third kappa shape index (κ3) is 7.53. The molecule has 0 saturated carbocycles. The quantitative estimate of drug-likeness (QED) is 0.201. The van der Waals surface area contributed by atoms with Gasteiger partial charge in [-0.3, -0.25) is 0 Å². The molecule has 1 aliphatic rings. The van der Waals surface area contributed by atoms with Gasteiger partial charge in [0.05, 0.1) is 0 Å². The Morgan fingerprint density at radius 3 is 2.27 bits per heavy atom. The van der Waals surface area contributed by atoms with Crippen molar-refractivity contribution in [3.8, 4) is 0 Å². The fourth-order valence-corrected chi connectivity index (χ4v) is 4.96.